The van der Waals surface area contributed by atoms with E-state index in [9.17, 15) is 0 Å². The molecule has 0 bridgehead atoms. The van der Waals surface area contributed by atoms with E-state index < -0.39 is 0 Å². The first-order chi connectivity index (χ1) is 8.34. The molecule has 0 aliphatic carbocycles. The molecular weight excluding hydrogens is 296 g/mol. The van der Waals surface area contributed by atoms with Crippen LogP contribution < -0.4 is 10.6 Å². The molecule has 17 heavy (non-hydrogen) atoms. The Labute approximate surface area is 116 Å². The molecule has 0 radical (unpaired) electrons. The molecule has 1 fully saturated rings. The molecule has 2 heterocycles. The molecule has 96 valence electrons. The largest absolute Gasteiger partial charge is 0.317 e. The van der Waals surface area contributed by atoms with Crippen LogP contribution in [-0.4, -0.2) is 19.6 Å². The van der Waals surface area contributed by atoms with Gasteiger partial charge in [0, 0.05) is 11.4 Å². The summed E-state index contributed by atoms with van der Waals surface area (Å²) >= 11 is 5.31. The molecule has 1 aromatic rings. The molecule has 0 atom stereocenters. The number of halogens is 1. The van der Waals surface area contributed by atoms with Gasteiger partial charge < -0.3 is 10.6 Å². The third-order valence-electron chi connectivity index (χ3n) is 3.35. The van der Waals surface area contributed by atoms with Crippen LogP contribution in [0, 0.1) is 5.92 Å². The average molecular weight is 317 g/mol. The minimum atomic E-state index is 0.967. The highest BCUT2D eigenvalue weighted by atomic mass is 79.9. The summed E-state index contributed by atoms with van der Waals surface area (Å²) in [5, 5.41) is 6.95. The van der Waals surface area contributed by atoms with Crippen LogP contribution in [-0.2, 0) is 6.54 Å². The zero-order chi connectivity index (χ0) is 11.9. The number of thiophene rings is 1. The molecule has 2 rings (SSSR count). The van der Waals surface area contributed by atoms with Gasteiger partial charge in [-0.25, -0.2) is 0 Å². The molecule has 1 aromatic heterocycles. The van der Waals surface area contributed by atoms with E-state index in [-0.39, 0.29) is 0 Å². The lowest BCUT2D eigenvalue weighted by Gasteiger charge is -2.22. The van der Waals surface area contributed by atoms with Gasteiger partial charge in [-0.05, 0) is 79.3 Å². The van der Waals surface area contributed by atoms with Crippen molar-refractivity contribution in [2.45, 2.75) is 32.2 Å². The maximum atomic E-state index is 3.53. The van der Waals surface area contributed by atoms with Crippen LogP contribution in [0.3, 0.4) is 0 Å². The van der Waals surface area contributed by atoms with Gasteiger partial charge in [0.15, 0.2) is 0 Å². The molecule has 2 N–H and O–H groups in total. The second kappa shape index (κ2) is 7.52. The van der Waals surface area contributed by atoms with Gasteiger partial charge in [0.05, 0.1) is 3.79 Å². The van der Waals surface area contributed by atoms with Gasteiger partial charge in [0.1, 0.15) is 0 Å². The quantitative estimate of drug-likeness (QED) is 0.786. The Kier molecular flexibility index (Phi) is 5.98. The van der Waals surface area contributed by atoms with Crippen molar-refractivity contribution in [1.29, 1.82) is 0 Å². The van der Waals surface area contributed by atoms with Gasteiger partial charge in [-0.15, -0.1) is 11.3 Å². The smallest absolute Gasteiger partial charge is 0.0701 e. The lowest BCUT2D eigenvalue weighted by molar-refractivity contribution is 0.344. The van der Waals surface area contributed by atoms with E-state index in [1.165, 1.54) is 47.4 Å². The summed E-state index contributed by atoms with van der Waals surface area (Å²) < 4.78 is 1.23. The van der Waals surface area contributed by atoms with E-state index in [2.05, 4.69) is 38.7 Å². The predicted molar refractivity (Wildman–Crippen MR) is 78.6 cm³/mol. The minimum absolute atomic E-state index is 0.967. The van der Waals surface area contributed by atoms with Gasteiger partial charge >= 0.3 is 0 Å². The maximum absolute atomic E-state index is 3.53. The zero-order valence-corrected chi connectivity index (χ0v) is 12.6. The van der Waals surface area contributed by atoms with E-state index in [1.807, 2.05) is 11.3 Å². The number of piperidine rings is 1. The summed E-state index contributed by atoms with van der Waals surface area (Å²) in [6, 6.07) is 4.31. The second-order valence-corrected chi connectivity index (χ2v) is 7.27. The lowest BCUT2D eigenvalue weighted by Crippen LogP contribution is -2.28. The van der Waals surface area contributed by atoms with Crippen LogP contribution in [0.4, 0.5) is 0 Å². The molecule has 4 heteroatoms. The van der Waals surface area contributed by atoms with Crippen LogP contribution in [0.5, 0.6) is 0 Å². The molecule has 2 nitrogen and oxygen atoms in total. The van der Waals surface area contributed by atoms with Gasteiger partial charge in [-0.3, -0.25) is 0 Å². The highest BCUT2D eigenvalue weighted by Gasteiger charge is 2.11. The highest BCUT2D eigenvalue weighted by molar-refractivity contribution is 9.11. The third-order valence-corrected chi connectivity index (χ3v) is 4.98. The van der Waals surface area contributed by atoms with E-state index >= 15 is 0 Å². The van der Waals surface area contributed by atoms with Crippen molar-refractivity contribution >= 4 is 27.3 Å². The molecule has 0 amide bonds. The second-order valence-electron chi connectivity index (χ2n) is 4.72. The van der Waals surface area contributed by atoms with Crippen molar-refractivity contribution in [3.05, 3.63) is 20.8 Å². The zero-order valence-electron chi connectivity index (χ0n) is 10.2. The Morgan fingerprint density at radius 2 is 2.18 bits per heavy atom. The molecule has 1 saturated heterocycles. The molecule has 1 aliphatic rings. The monoisotopic (exact) mass is 316 g/mol. The Morgan fingerprint density at radius 1 is 1.35 bits per heavy atom. The summed E-state index contributed by atoms with van der Waals surface area (Å²) in [5.74, 6) is 0.967. The minimum Gasteiger partial charge on any atom is -0.317 e. The topological polar surface area (TPSA) is 24.1 Å². The van der Waals surface area contributed by atoms with Crippen molar-refractivity contribution in [3.63, 3.8) is 0 Å². The van der Waals surface area contributed by atoms with Crippen LogP contribution in [0.2, 0.25) is 0 Å². The van der Waals surface area contributed by atoms with Crippen molar-refractivity contribution < 1.29 is 0 Å². The Hall–Kier alpha value is 0.1000. The van der Waals surface area contributed by atoms with Crippen LogP contribution in [0.25, 0.3) is 0 Å². The van der Waals surface area contributed by atoms with Gasteiger partial charge in [0.2, 0.25) is 0 Å². The Morgan fingerprint density at radius 3 is 2.88 bits per heavy atom. The van der Waals surface area contributed by atoms with Crippen molar-refractivity contribution in [1.82, 2.24) is 10.6 Å². The molecule has 0 saturated carbocycles. The Balaban J connectivity index is 1.51. The summed E-state index contributed by atoms with van der Waals surface area (Å²) in [4.78, 5) is 1.42. The molecule has 1 aliphatic heterocycles. The maximum Gasteiger partial charge on any atom is 0.0701 e. The fourth-order valence-electron chi connectivity index (χ4n) is 2.34. The third kappa shape index (κ3) is 5.08. The highest BCUT2D eigenvalue weighted by Crippen LogP contribution is 2.22. The van der Waals surface area contributed by atoms with Gasteiger partial charge in [-0.1, -0.05) is 0 Å². The molecule has 0 aromatic carbocycles. The summed E-state index contributed by atoms with van der Waals surface area (Å²) in [6.45, 7) is 4.62. The van der Waals surface area contributed by atoms with E-state index in [0.29, 0.717) is 0 Å². The summed E-state index contributed by atoms with van der Waals surface area (Å²) in [5.41, 5.74) is 0. The van der Waals surface area contributed by atoms with Crippen molar-refractivity contribution in [3.8, 4) is 0 Å². The first kappa shape index (κ1) is 13.5. The fraction of sp³-hybridized carbons (Fsp3) is 0.692. The van der Waals surface area contributed by atoms with Crippen molar-refractivity contribution in [2.75, 3.05) is 19.6 Å². The summed E-state index contributed by atoms with van der Waals surface area (Å²) in [7, 11) is 0. The van der Waals surface area contributed by atoms with Crippen LogP contribution in [0.15, 0.2) is 15.9 Å². The standard InChI is InChI=1S/C13H21BrN2S/c14-13-4-3-12(17-13)10-16-7-1-2-11-5-8-15-9-6-11/h3-4,11,15-16H,1-2,5-10H2. The first-order valence-electron chi connectivity index (χ1n) is 6.50. The SMILES string of the molecule is Brc1ccc(CNCCCC2CCNCC2)s1. The van der Waals surface area contributed by atoms with Gasteiger partial charge in [-0.2, -0.15) is 0 Å². The van der Waals surface area contributed by atoms with E-state index in [0.717, 1.165) is 19.0 Å². The molecular formula is C13H21BrN2S. The lowest BCUT2D eigenvalue weighted by atomic mass is 9.93. The molecule has 0 spiro atoms. The van der Waals surface area contributed by atoms with E-state index in [4.69, 9.17) is 0 Å². The van der Waals surface area contributed by atoms with E-state index in [1.54, 1.807) is 0 Å². The number of hydrogen-bond donors (Lipinski definition) is 2. The summed E-state index contributed by atoms with van der Waals surface area (Å²) in [6.07, 6.45) is 5.45. The average Bonchev–Trinajstić information content (AvgIpc) is 2.76. The molecule has 0 unspecified atom stereocenters. The van der Waals surface area contributed by atoms with Gasteiger partial charge in [0.25, 0.3) is 0 Å². The normalized spacial score (nSPS) is 17.5. The predicted octanol–water partition coefficient (Wildman–Crippen LogP) is 3.38. The first-order valence-corrected chi connectivity index (χ1v) is 8.11. The number of rotatable bonds is 6. The van der Waals surface area contributed by atoms with Crippen molar-refractivity contribution in [2.24, 2.45) is 5.92 Å². The number of hydrogen-bond acceptors (Lipinski definition) is 3. The number of nitrogens with one attached hydrogen (secondary N) is 2. The Bertz CT molecular complexity index is 321. The van der Waals surface area contributed by atoms with Crippen LogP contribution in [0.1, 0.15) is 30.6 Å². The fourth-order valence-corrected chi connectivity index (χ4v) is 3.80. The van der Waals surface area contributed by atoms with Crippen LogP contribution >= 0.6 is 27.3 Å².